The van der Waals surface area contributed by atoms with E-state index < -0.39 is 0 Å². The zero-order valence-electron chi connectivity index (χ0n) is 18.9. The van der Waals surface area contributed by atoms with Crippen LogP contribution in [0.5, 0.6) is 0 Å². The van der Waals surface area contributed by atoms with Gasteiger partial charge in [-0.1, -0.05) is 6.92 Å². The molecule has 1 aliphatic carbocycles. The van der Waals surface area contributed by atoms with Crippen LogP contribution in [0.25, 0.3) is 20.9 Å². The van der Waals surface area contributed by atoms with E-state index in [9.17, 15) is 9.18 Å². The molecule has 5 heterocycles. The summed E-state index contributed by atoms with van der Waals surface area (Å²) in [6.45, 7) is 4.19. The quantitative estimate of drug-likeness (QED) is 0.366. The fourth-order valence-corrected chi connectivity index (χ4v) is 7.30. The second kappa shape index (κ2) is 8.46. The topological polar surface area (TPSA) is 71.9 Å². The van der Waals surface area contributed by atoms with Gasteiger partial charge in [-0.05, 0) is 62.3 Å². The largest absolute Gasteiger partial charge is 0.331 e. The molecule has 9 heteroatoms. The maximum absolute atomic E-state index is 13.9. The molecule has 2 atom stereocenters. The van der Waals surface area contributed by atoms with Crippen LogP contribution in [0.3, 0.4) is 0 Å². The number of carbonyl (C=O) groups is 1. The van der Waals surface area contributed by atoms with E-state index in [1.54, 1.807) is 41.9 Å². The minimum absolute atomic E-state index is 0.0156. The highest BCUT2D eigenvalue weighted by Crippen LogP contribution is 2.48. The first-order valence-electron chi connectivity index (χ1n) is 11.6. The van der Waals surface area contributed by atoms with Crippen LogP contribution in [0, 0.1) is 24.6 Å². The number of benzene rings is 1. The Morgan fingerprint density at radius 3 is 2.76 bits per heavy atom. The van der Waals surface area contributed by atoms with E-state index in [4.69, 9.17) is 4.98 Å². The van der Waals surface area contributed by atoms with Crippen LogP contribution in [0.15, 0.2) is 36.7 Å². The zero-order chi connectivity index (χ0) is 23.4. The first-order valence-corrected chi connectivity index (χ1v) is 13.2. The van der Waals surface area contributed by atoms with E-state index in [2.05, 4.69) is 26.8 Å². The SMILES string of the molecule is Cc1nc(C(=O)N2C3CC(C3)[C@@H](C)C2CCc2nc3ccc(F)cc3s2)c(-c2ncccn2)s1. The van der Waals surface area contributed by atoms with Gasteiger partial charge >= 0.3 is 0 Å². The van der Waals surface area contributed by atoms with Crippen molar-refractivity contribution in [3.8, 4) is 10.7 Å². The summed E-state index contributed by atoms with van der Waals surface area (Å²) >= 11 is 3.01. The summed E-state index contributed by atoms with van der Waals surface area (Å²) in [7, 11) is 0. The van der Waals surface area contributed by atoms with Gasteiger partial charge in [0.1, 0.15) is 10.7 Å². The number of hydrogen-bond acceptors (Lipinski definition) is 7. The van der Waals surface area contributed by atoms with E-state index in [0.29, 0.717) is 23.4 Å². The average molecular weight is 494 g/mol. The number of hydrogen-bond donors (Lipinski definition) is 0. The van der Waals surface area contributed by atoms with Crippen LogP contribution in [-0.2, 0) is 6.42 Å². The second-order valence-electron chi connectivity index (χ2n) is 9.27. The van der Waals surface area contributed by atoms with Crippen molar-refractivity contribution in [2.75, 3.05) is 0 Å². The monoisotopic (exact) mass is 493 g/mol. The molecule has 3 aliphatic rings. The summed E-state index contributed by atoms with van der Waals surface area (Å²) in [4.78, 5) is 34.9. The molecule has 1 aromatic carbocycles. The van der Waals surface area contributed by atoms with Gasteiger partial charge < -0.3 is 4.90 Å². The fourth-order valence-electron chi connectivity index (χ4n) is 5.43. The molecule has 3 fully saturated rings. The van der Waals surface area contributed by atoms with Crippen molar-refractivity contribution in [2.45, 2.75) is 51.6 Å². The molecular formula is C25H24FN5OS2. The summed E-state index contributed by atoms with van der Waals surface area (Å²) in [5.41, 5.74) is 1.30. The van der Waals surface area contributed by atoms with Gasteiger partial charge in [-0.25, -0.2) is 24.3 Å². The number of thiazole rings is 2. The highest BCUT2D eigenvalue weighted by Gasteiger charge is 2.51. The third-order valence-electron chi connectivity index (χ3n) is 7.24. The number of piperidine rings is 2. The Kier molecular flexibility index (Phi) is 5.41. The number of rotatable bonds is 5. The highest BCUT2D eigenvalue weighted by molar-refractivity contribution is 7.18. The summed E-state index contributed by atoms with van der Waals surface area (Å²) in [5, 5.41) is 1.82. The Balaban J connectivity index is 1.29. The minimum Gasteiger partial charge on any atom is -0.331 e. The molecule has 0 radical (unpaired) electrons. The van der Waals surface area contributed by atoms with Crippen molar-refractivity contribution >= 4 is 38.8 Å². The Hall–Kier alpha value is -2.78. The maximum atomic E-state index is 13.9. The predicted octanol–water partition coefficient (Wildman–Crippen LogP) is 5.53. The van der Waals surface area contributed by atoms with Crippen LogP contribution in [0.2, 0.25) is 0 Å². The molecule has 0 spiro atoms. The normalized spacial score (nSPS) is 23.8. The fraction of sp³-hybridized carbons (Fsp3) is 0.400. The number of carbonyl (C=O) groups excluding carboxylic acids is 1. The smallest absolute Gasteiger partial charge is 0.274 e. The van der Waals surface area contributed by atoms with Gasteiger partial charge in [0.2, 0.25) is 0 Å². The molecule has 3 aromatic heterocycles. The Bertz CT molecular complexity index is 1360. The lowest BCUT2D eigenvalue weighted by Gasteiger charge is -2.57. The number of aromatic nitrogens is 4. The second-order valence-corrected chi connectivity index (χ2v) is 11.6. The van der Waals surface area contributed by atoms with Crippen LogP contribution >= 0.6 is 22.7 Å². The molecule has 34 heavy (non-hydrogen) atoms. The average Bonchev–Trinajstić information content (AvgIpc) is 3.39. The summed E-state index contributed by atoms with van der Waals surface area (Å²) in [6, 6.07) is 6.88. The molecule has 174 valence electrons. The number of halogens is 1. The van der Waals surface area contributed by atoms with Crippen molar-refractivity contribution in [1.82, 2.24) is 24.8 Å². The molecule has 0 N–H and O–H groups in total. The number of nitrogens with zero attached hydrogens (tertiary/aromatic N) is 5. The number of aryl methyl sites for hydroxylation is 2. The molecule has 1 unspecified atom stereocenters. The number of fused-ring (bicyclic) bond motifs is 3. The van der Waals surface area contributed by atoms with E-state index in [0.717, 1.165) is 50.8 Å². The molecule has 4 aromatic rings. The molecule has 7 rings (SSSR count). The van der Waals surface area contributed by atoms with Gasteiger partial charge in [-0.3, -0.25) is 4.79 Å². The van der Waals surface area contributed by atoms with Crippen molar-refractivity contribution in [3.05, 3.63) is 58.2 Å². The maximum Gasteiger partial charge on any atom is 0.274 e. The minimum atomic E-state index is -0.239. The van der Waals surface area contributed by atoms with Crippen molar-refractivity contribution < 1.29 is 9.18 Å². The molecular weight excluding hydrogens is 469 g/mol. The third-order valence-corrected chi connectivity index (χ3v) is 9.28. The van der Waals surface area contributed by atoms with Crippen molar-refractivity contribution in [1.29, 1.82) is 0 Å². The Labute approximate surface area is 204 Å². The van der Waals surface area contributed by atoms with Crippen LogP contribution in [0.1, 0.15) is 46.7 Å². The first kappa shape index (κ1) is 21.7. The van der Waals surface area contributed by atoms with E-state index in [-0.39, 0.29) is 23.8 Å². The molecule has 2 bridgehead atoms. The van der Waals surface area contributed by atoms with E-state index in [1.165, 1.54) is 17.4 Å². The van der Waals surface area contributed by atoms with Gasteiger partial charge in [0.15, 0.2) is 11.5 Å². The van der Waals surface area contributed by atoms with Crippen LogP contribution < -0.4 is 0 Å². The van der Waals surface area contributed by atoms with Crippen molar-refractivity contribution in [3.63, 3.8) is 0 Å². The lowest BCUT2D eigenvalue weighted by atomic mass is 9.64. The summed E-state index contributed by atoms with van der Waals surface area (Å²) < 4.78 is 14.5. The van der Waals surface area contributed by atoms with Gasteiger partial charge in [-0.15, -0.1) is 22.7 Å². The Morgan fingerprint density at radius 1 is 1.18 bits per heavy atom. The van der Waals surface area contributed by atoms with Gasteiger partial charge in [0.05, 0.1) is 20.2 Å². The van der Waals surface area contributed by atoms with Crippen LogP contribution in [-0.4, -0.2) is 42.8 Å². The molecule has 2 saturated heterocycles. The standard InChI is InChI=1S/C25H24FN5OS2/c1-13-15-10-17(11-15)31(19(13)6-7-21-30-18-5-4-16(26)12-20(18)34-21)25(32)22-23(33-14(2)29-22)24-27-8-3-9-28-24/h3-5,8-9,12-13,15,17,19H,6-7,10-11H2,1-2H3/t13-,15?,17?,19?/m1/s1. The Morgan fingerprint density at radius 2 is 1.97 bits per heavy atom. The van der Waals surface area contributed by atoms with Crippen LogP contribution in [0.4, 0.5) is 4.39 Å². The van der Waals surface area contributed by atoms with E-state index in [1.807, 2.05) is 6.92 Å². The third kappa shape index (κ3) is 3.71. The highest BCUT2D eigenvalue weighted by atomic mass is 32.1. The van der Waals surface area contributed by atoms with E-state index >= 15 is 0 Å². The first-order chi connectivity index (χ1) is 16.5. The van der Waals surface area contributed by atoms with Gasteiger partial charge in [-0.2, -0.15) is 0 Å². The van der Waals surface area contributed by atoms with Crippen molar-refractivity contribution in [2.24, 2.45) is 11.8 Å². The molecule has 1 saturated carbocycles. The number of amides is 1. The lowest BCUT2D eigenvalue weighted by Crippen LogP contribution is -2.63. The van der Waals surface area contributed by atoms with Gasteiger partial charge in [0, 0.05) is 30.9 Å². The predicted molar refractivity (Wildman–Crippen MR) is 131 cm³/mol. The molecule has 6 nitrogen and oxygen atoms in total. The zero-order valence-corrected chi connectivity index (χ0v) is 20.6. The van der Waals surface area contributed by atoms with Gasteiger partial charge in [0.25, 0.3) is 5.91 Å². The molecule has 1 amide bonds. The molecule has 2 aliphatic heterocycles. The lowest BCUT2D eigenvalue weighted by molar-refractivity contribution is -0.0572. The summed E-state index contributed by atoms with van der Waals surface area (Å²) in [5.74, 6) is 1.37. The summed E-state index contributed by atoms with van der Waals surface area (Å²) in [6.07, 6.45) is 7.11.